The molecule has 0 radical (unpaired) electrons. The van der Waals surface area contributed by atoms with Crippen molar-refractivity contribution in [2.75, 3.05) is 18.5 Å². The molecule has 8 nitrogen and oxygen atoms in total. The number of pyridine rings is 1. The van der Waals surface area contributed by atoms with Crippen molar-refractivity contribution in [1.82, 2.24) is 4.98 Å². The van der Waals surface area contributed by atoms with E-state index in [-0.39, 0.29) is 28.5 Å². The summed E-state index contributed by atoms with van der Waals surface area (Å²) in [4.78, 5) is 26.6. The van der Waals surface area contributed by atoms with Crippen molar-refractivity contribution in [1.29, 1.82) is 0 Å². The second kappa shape index (κ2) is 15.2. The van der Waals surface area contributed by atoms with E-state index in [9.17, 15) is 27.9 Å². The van der Waals surface area contributed by atoms with Crippen molar-refractivity contribution in [2.24, 2.45) is 0 Å². The number of benzene rings is 3. The van der Waals surface area contributed by atoms with Gasteiger partial charge in [0, 0.05) is 18.0 Å². The largest absolute Gasteiger partial charge is 0.504 e. The lowest BCUT2D eigenvalue weighted by Crippen LogP contribution is -2.16. The molecule has 1 aromatic heterocycles. The van der Waals surface area contributed by atoms with Gasteiger partial charge in [0.2, 0.25) is 5.56 Å². The zero-order valence-corrected chi connectivity index (χ0v) is 23.0. The number of halogens is 3. The van der Waals surface area contributed by atoms with Crippen LogP contribution in [-0.2, 0) is 6.18 Å². The van der Waals surface area contributed by atoms with Gasteiger partial charge in [0.25, 0.3) is 5.91 Å². The first-order chi connectivity index (χ1) is 20.1. The minimum absolute atomic E-state index is 0.0945. The van der Waals surface area contributed by atoms with Crippen LogP contribution in [-0.4, -0.2) is 29.2 Å². The van der Waals surface area contributed by atoms with Crippen LogP contribution >= 0.6 is 0 Å². The number of ether oxygens (including phenoxy) is 3. The highest BCUT2D eigenvalue weighted by molar-refractivity contribution is 6.06. The van der Waals surface area contributed by atoms with Crippen molar-refractivity contribution in [3.05, 3.63) is 107 Å². The molecule has 11 heteroatoms. The first-order valence-electron chi connectivity index (χ1n) is 13.1. The highest BCUT2D eigenvalue weighted by atomic mass is 19.4. The molecule has 222 valence electrons. The number of anilines is 1. The second-order valence-electron chi connectivity index (χ2n) is 8.82. The fourth-order valence-corrected chi connectivity index (χ4v) is 3.47. The van der Waals surface area contributed by atoms with E-state index in [4.69, 9.17) is 14.2 Å². The van der Waals surface area contributed by atoms with Crippen LogP contribution in [0.3, 0.4) is 0 Å². The number of carbonyl (C=O) groups is 1. The minimum atomic E-state index is -4.65. The molecule has 0 aliphatic rings. The normalized spacial score (nSPS) is 10.7. The van der Waals surface area contributed by atoms with Gasteiger partial charge < -0.3 is 29.6 Å². The Morgan fingerprint density at radius 2 is 1.45 bits per heavy atom. The van der Waals surface area contributed by atoms with Crippen LogP contribution in [0.15, 0.2) is 89.9 Å². The van der Waals surface area contributed by atoms with E-state index in [1.807, 2.05) is 19.9 Å². The number of alkyl halides is 3. The Morgan fingerprint density at radius 1 is 0.833 bits per heavy atom. The van der Waals surface area contributed by atoms with Gasteiger partial charge in [-0.05, 0) is 61.4 Å². The lowest BCUT2D eigenvalue weighted by atomic mass is 10.1. The SMILES string of the molecule is CCCOc1ccccc1O.CCCOc1ccccc1Oc1ccc(C(F)(F)F)cc1C(=O)Nc1cc[nH]c(=O)c1. The summed E-state index contributed by atoms with van der Waals surface area (Å²) in [6.45, 7) is 5.03. The third-order valence-electron chi connectivity index (χ3n) is 5.44. The summed E-state index contributed by atoms with van der Waals surface area (Å²) >= 11 is 0. The maximum Gasteiger partial charge on any atom is 0.416 e. The first-order valence-corrected chi connectivity index (χ1v) is 13.1. The highest BCUT2D eigenvalue weighted by Crippen LogP contribution is 2.37. The van der Waals surface area contributed by atoms with E-state index in [1.165, 1.54) is 12.3 Å². The van der Waals surface area contributed by atoms with Gasteiger partial charge in [-0.1, -0.05) is 38.1 Å². The number of hydrogen-bond donors (Lipinski definition) is 3. The molecule has 4 aromatic rings. The van der Waals surface area contributed by atoms with Crippen molar-refractivity contribution >= 4 is 11.6 Å². The predicted molar refractivity (Wildman–Crippen MR) is 153 cm³/mol. The van der Waals surface area contributed by atoms with Crippen LogP contribution in [0.25, 0.3) is 0 Å². The molecule has 0 spiro atoms. The van der Waals surface area contributed by atoms with Crippen molar-refractivity contribution in [2.45, 2.75) is 32.9 Å². The zero-order valence-electron chi connectivity index (χ0n) is 23.0. The van der Waals surface area contributed by atoms with Gasteiger partial charge in [-0.15, -0.1) is 0 Å². The molecule has 3 aromatic carbocycles. The lowest BCUT2D eigenvalue weighted by Gasteiger charge is -2.16. The van der Waals surface area contributed by atoms with Gasteiger partial charge >= 0.3 is 6.18 Å². The van der Waals surface area contributed by atoms with Gasteiger partial charge in [0.05, 0.1) is 24.3 Å². The number of phenols is 1. The number of aromatic hydroxyl groups is 1. The molecule has 0 unspecified atom stereocenters. The maximum absolute atomic E-state index is 13.2. The Hall–Kier alpha value is -4.93. The van der Waals surface area contributed by atoms with Crippen LogP contribution in [0.5, 0.6) is 28.7 Å². The maximum atomic E-state index is 13.2. The number of para-hydroxylation sites is 4. The van der Waals surface area contributed by atoms with E-state index in [2.05, 4.69) is 10.3 Å². The quantitative estimate of drug-likeness (QED) is 0.179. The summed E-state index contributed by atoms with van der Waals surface area (Å²) < 4.78 is 56.3. The summed E-state index contributed by atoms with van der Waals surface area (Å²) in [5.41, 5.74) is -1.70. The van der Waals surface area contributed by atoms with Gasteiger partial charge in [0.15, 0.2) is 23.0 Å². The molecule has 0 saturated heterocycles. The van der Waals surface area contributed by atoms with Crippen molar-refractivity contribution in [3.8, 4) is 28.7 Å². The zero-order chi connectivity index (χ0) is 30.5. The standard InChI is InChI=1S/C22H19F3N2O4.C9H12O2/c1-2-11-30-18-5-3-4-6-19(18)31-17-8-7-14(22(23,24)25)12-16(17)21(29)27-15-9-10-26-20(28)13-15;1-2-7-11-9-6-4-3-5-8(9)10/h3-10,12-13H,2,11H2,1H3,(H2,26,27,28,29);3-6,10H,2,7H2,1H3. The fraction of sp³-hybridized carbons (Fsp3) is 0.226. The number of H-pyrrole nitrogens is 1. The van der Waals surface area contributed by atoms with Gasteiger partial charge in [-0.25, -0.2) is 0 Å². The highest BCUT2D eigenvalue weighted by Gasteiger charge is 2.32. The van der Waals surface area contributed by atoms with Crippen LogP contribution < -0.4 is 25.1 Å². The summed E-state index contributed by atoms with van der Waals surface area (Å²) in [7, 11) is 0. The summed E-state index contributed by atoms with van der Waals surface area (Å²) in [6.07, 6.45) is -1.64. The summed E-state index contributed by atoms with van der Waals surface area (Å²) in [6, 6.07) is 18.7. The third kappa shape index (κ3) is 9.33. The van der Waals surface area contributed by atoms with Crippen LogP contribution in [0, 0.1) is 0 Å². The molecular formula is C31H31F3N2O6. The number of phenolic OH excluding ortho intramolecular Hbond substituents is 1. The summed E-state index contributed by atoms with van der Waals surface area (Å²) in [5, 5.41) is 11.6. The molecule has 1 amide bonds. The van der Waals surface area contributed by atoms with Crippen LogP contribution in [0.4, 0.5) is 18.9 Å². The van der Waals surface area contributed by atoms with Crippen LogP contribution in [0.1, 0.15) is 42.6 Å². The smallest absolute Gasteiger partial charge is 0.416 e. The van der Waals surface area contributed by atoms with E-state index in [1.54, 1.807) is 42.5 Å². The molecule has 0 aliphatic heterocycles. The Morgan fingerprint density at radius 3 is 2.07 bits per heavy atom. The molecule has 0 atom stereocenters. The lowest BCUT2D eigenvalue weighted by molar-refractivity contribution is -0.137. The second-order valence-corrected chi connectivity index (χ2v) is 8.82. The van der Waals surface area contributed by atoms with Gasteiger partial charge in [0.1, 0.15) is 5.75 Å². The average Bonchev–Trinajstić information content (AvgIpc) is 2.96. The Kier molecular flexibility index (Phi) is 11.4. The number of aromatic nitrogens is 1. The van der Waals surface area contributed by atoms with Gasteiger partial charge in [-0.2, -0.15) is 13.2 Å². The fourth-order valence-electron chi connectivity index (χ4n) is 3.47. The van der Waals surface area contributed by atoms with Crippen molar-refractivity contribution < 1.29 is 37.3 Å². The first kappa shape index (κ1) is 31.6. The Balaban J connectivity index is 0.000000369. The summed E-state index contributed by atoms with van der Waals surface area (Å²) in [5.74, 6) is 0.461. The number of carbonyl (C=O) groups excluding carboxylic acids is 1. The van der Waals surface area contributed by atoms with E-state index in [0.717, 1.165) is 31.0 Å². The molecule has 4 rings (SSSR count). The Labute approximate surface area is 240 Å². The molecule has 42 heavy (non-hydrogen) atoms. The van der Waals surface area contributed by atoms with Crippen molar-refractivity contribution in [3.63, 3.8) is 0 Å². The molecule has 3 N–H and O–H groups in total. The van der Waals surface area contributed by atoms with E-state index < -0.39 is 23.2 Å². The van der Waals surface area contributed by atoms with Gasteiger partial charge in [-0.3, -0.25) is 9.59 Å². The third-order valence-corrected chi connectivity index (χ3v) is 5.44. The number of aromatic amines is 1. The average molecular weight is 585 g/mol. The minimum Gasteiger partial charge on any atom is -0.504 e. The molecule has 0 saturated carbocycles. The van der Waals surface area contributed by atoms with Crippen LogP contribution in [0.2, 0.25) is 0 Å². The molecular weight excluding hydrogens is 553 g/mol. The monoisotopic (exact) mass is 584 g/mol. The topological polar surface area (TPSA) is 110 Å². The van der Waals surface area contributed by atoms with E-state index >= 15 is 0 Å². The number of nitrogens with one attached hydrogen (secondary N) is 2. The number of rotatable bonds is 10. The number of amides is 1. The molecule has 0 fully saturated rings. The number of hydrogen-bond acceptors (Lipinski definition) is 6. The molecule has 0 bridgehead atoms. The Bertz CT molecular complexity index is 1520. The molecule has 1 heterocycles. The van der Waals surface area contributed by atoms with E-state index in [0.29, 0.717) is 30.8 Å². The molecule has 0 aliphatic carbocycles. The predicted octanol–water partition coefficient (Wildman–Crippen LogP) is 7.41.